The van der Waals surface area contributed by atoms with Crippen molar-refractivity contribution in [3.63, 3.8) is 0 Å². The number of halogens is 1. The van der Waals surface area contributed by atoms with Gasteiger partial charge in [-0.3, -0.25) is 9.59 Å². The second-order valence-electron chi connectivity index (χ2n) is 6.67. The number of aromatic nitrogens is 3. The number of amides is 1. The Morgan fingerprint density at radius 1 is 1.36 bits per heavy atom. The zero-order chi connectivity index (χ0) is 19.7. The summed E-state index contributed by atoms with van der Waals surface area (Å²) in [7, 11) is 0. The maximum Gasteiger partial charge on any atom is 0.254 e. The smallest absolute Gasteiger partial charge is 0.254 e. The Labute approximate surface area is 160 Å². The van der Waals surface area contributed by atoms with Crippen LogP contribution in [0.1, 0.15) is 29.4 Å². The lowest BCUT2D eigenvalue weighted by molar-refractivity contribution is 0.0771. The minimum atomic E-state index is -0.560. The summed E-state index contributed by atoms with van der Waals surface area (Å²) in [6.07, 6.45) is 1.90. The molecular formula is C20H19FN4O3. The zero-order valence-corrected chi connectivity index (χ0v) is 15.3. The molecular weight excluding hydrogens is 363 g/mol. The number of rotatable bonds is 4. The number of likely N-dealkylation sites (tertiary alicyclic amines) is 1. The van der Waals surface area contributed by atoms with Gasteiger partial charge < -0.3 is 14.6 Å². The molecule has 7 nitrogen and oxygen atoms in total. The van der Waals surface area contributed by atoms with Crippen LogP contribution in [0.5, 0.6) is 5.88 Å². The third-order valence-corrected chi connectivity index (χ3v) is 4.86. The molecule has 1 atom stereocenters. The maximum atomic E-state index is 14.3. The predicted molar refractivity (Wildman–Crippen MR) is 101 cm³/mol. The summed E-state index contributed by atoms with van der Waals surface area (Å²) in [5.41, 5.74) is 0.928. The van der Waals surface area contributed by atoms with Crippen molar-refractivity contribution in [2.24, 2.45) is 0 Å². The molecule has 1 saturated heterocycles. The number of aromatic amines is 1. The van der Waals surface area contributed by atoms with E-state index in [-0.39, 0.29) is 23.5 Å². The zero-order valence-electron chi connectivity index (χ0n) is 15.3. The van der Waals surface area contributed by atoms with Crippen molar-refractivity contribution in [3.05, 3.63) is 64.1 Å². The first kappa shape index (κ1) is 18.1. The Balaban J connectivity index is 1.54. The number of carbonyl (C=O) groups is 1. The molecule has 3 aromatic rings. The number of hydrogen-bond donors (Lipinski definition) is 1. The van der Waals surface area contributed by atoms with Crippen molar-refractivity contribution in [1.82, 2.24) is 19.9 Å². The van der Waals surface area contributed by atoms with Crippen LogP contribution in [0.2, 0.25) is 0 Å². The fourth-order valence-corrected chi connectivity index (χ4v) is 3.44. The topological polar surface area (TPSA) is 88.2 Å². The highest BCUT2D eigenvalue weighted by Crippen LogP contribution is 2.23. The van der Waals surface area contributed by atoms with Crippen LogP contribution in [0.4, 0.5) is 4.39 Å². The monoisotopic (exact) mass is 382 g/mol. The second-order valence-corrected chi connectivity index (χ2v) is 6.67. The van der Waals surface area contributed by atoms with Crippen molar-refractivity contribution >= 4 is 16.8 Å². The molecule has 3 heterocycles. The number of ether oxygens (including phenoxy) is 1. The number of para-hydroxylation sites is 1. The van der Waals surface area contributed by atoms with E-state index in [1.807, 2.05) is 6.07 Å². The van der Waals surface area contributed by atoms with Gasteiger partial charge in [0.15, 0.2) is 0 Å². The largest absolute Gasteiger partial charge is 0.470 e. The molecule has 2 aromatic heterocycles. The summed E-state index contributed by atoms with van der Waals surface area (Å²) in [4.78, 5) is 37.0. The lowest BCUT2D eigenvalue weighted by atomic mass is 10.1. The average Bonchev–Trinajstić information content (AvgIpc) is 3.17. The number of nitrogens with one attached hydrogen (secondary N) is 1. The molecule has 0 radical (unpaired) electrons. The van der Waals surface area contributed by atoms with E-state index in [2.05, 4.69) is 15.0 Å². The summed E-state index contributed by atoms with van der Waals surface area (Å²) < 4.78 is 20.0. The van der Waals surface area contributed by atoms with Gasteiger partial charge in [-0.15, -0.1) is 0 Å². The highest BCUT2D eigenvalue weighted by Gasteiger charge is 2.30. The van der Waals surface area contributed by atoms with Crippen LogP contribution in [0.3, 0.4) is 0 Å². The van der Waals surface area contributed by atoms with E-state index in [4.69, 9.17) is 4.74 Å². The molecule has 1 N–H and O–H groups in total. The third-order valence-electron chi connectivity index (χ3n) is 4.86. The number of H-pyrrole nitrogens is 1. The summed E-state index contributed by atoms with van der Waals surface area (Å²) in [5, 5.41) is 0.686. The maximum absolute atomic E-state index is 14.3. The quantitative estimate of drug-likeness (QED) is 0.748. The second kappa shape index (κ2) is 7.38. The summed E-state index contributed by atoms with van der Waals surface area (Å²) >= 11 is 0. The van der Waals surface area contributed by atoms with E-state index in [1.165, 1.54) is 12.4 Å². The average molecular weight is 382 g/mol. The van der Waals surface area contributed by atoms with E-state index in [0.717, 1.165) is 0 Å². The third kappa shape index (κ3) is 3.33. The summed E-state index contributed by atoms with van der Waals surface area (Å²) in [6.45, 7) is 2.56. The van der Waals surface area contributed by atoms with E-state index < -0.39 is 5.82 Å². The van der Waals surface area contributed by atoms with Crippen LogP contribution in [0.25, 0.3) is 10.9 Å². The van der Waals surface area contributed by atoms with Gasteiger partial charge >= 0.3 is 0 Å². The Hall–Kier alpha value is -3.29. The highest BCUT2D eigenvalue weighted by molar-refractivity contribution is 6.06. The van der Waals surface area contributed by atoms with E-state index >= 15 is 0 Å². The molecule has 1 aromatic carbocycles. The molecule has 0 bridgehead atoms. The normalized spacial score (nSPS) is 16.5. The number of aryl methyl sites for hydroxylation is 1. The molecule has 144 valence electrons. The summed E-state index contributed by atoms with van der Waals surface area (Å²) in [5.74, 6) is -0.895. The first-order valence-electron chi connectivity index (χ1n) is 9.14. The lowest BCUT2D eigenvalue weighted by Crippen LogP contribution is -2.32. The van der Waals surface area contributed by atoms with E-state index in [0.29, 0.717) is 48.1 Å². The first-order chi connectivity index (χ1) is 13.6. The predicted octanol–water partition coefficient (Wildman–Crippen LogP) is 2.31. The lowest BCUT2D eigenvalue weighted by Gasteiger charge is -2.18. The fourth-order valence-electron chi connectivity index (χ4n) is 3.44. The number of fused-ring (bicyclic) bond motifs is 1. The van der Waals surface area contributed by atoms with Gasteiger partial charge in [-0.25, -0.2) is 4.98 Å². The Bertz CT molecular complexity index is 1100. The van der Waals surface area contributed by atoms with E-state index in [1.54, 1.807) is 30.0 Å². The summed E-state index contributed by atoms with van der Waals surface area (Å²) in [6, 6.07) is 8.48. The van der Waals surface area contributed by atoms with Crippen LogP contribution in [-0.2, 0) is 6.42 Å². The number of hydrogen-bond acceptors (Lipinski definition) is 5. The highest BCUT2D eigenvalue weighted by atomic mass is 19.1. The van der Waals surface area contributed by atoms with Crippen molar-refractivity contribution in [3.8, 4) is 5.88 Å². The molecule has 1 aliphatic rings. The van der Waals surface area contributed by atoms with Crippen LogP contribution >= 0.6 is 0 Å². The van der Waals surface area contributed by atoms with Crippen LogP contribution in [0.15, 0.2) is 41.5 Å². The molecule has 0 aliphatic carbocycles. The SMILES string of the molecule is CCc1ncnc(O[C@H]2CCN(C(=O)c3cc(=O)[nH]c4ccccc34)C2)c1F. The minimum absolute atomic E-state index is 0.0900. The van der Waals surface area contributed by atoms with Crippen molar-refractivity contribution in [2.45, 2.75) is 25.9 Å². The van der Waals surface area contributed by atoms with E-state index in [9.17, 15) is 14.0 Å². The van der Waals surface area contributed by atoms with Crippen molar-refractivity contribution in [2.75, 3.05) is 13.1 Å². The van der Waals surface area contributed by atoms with Gasteiger partial charge in [0.1, 0.15) is 12.4 Å². The van der Waals surface area contributed by atoms with Gasteiger partial charge in [-0.2, -0.15) is 9.37 Å². The van der Waals surface area contributed by atoms with Crippen LogP contribution in [0, 0.1) is 5.82 Å². The molecule has 0 spiro atoms. The number of pyridine rings is 1. The molecule has 8 heteroatoms. The molecule has 4 rings (SSSR count). The van der Waals surface area contributed by atoms with Crippen molar-refractivity contribution < 1.29 is 13.9 Å². The molecule has 1 fully saturated rings. The number of nitrogens with zero attached hydrogens (tertiary/aromatic N) is 3. The Morgan fingerprint density at radius 2 is 2.18 bits per heavy atom. The molecule has 1 aliphatic heterocycles. The van der Waals surface area contributed by atoms with Gasteiger partial charge in [0.2, 0.25) is 11.4 Å². The van der Waals surface area contributed by atoms with Gasteiger partial charge in [0.25, 0.3) is 11.8 Å². The van der Waals surface area contributed by atoms with Crippen molar-refractivity contribution in [1.29, 1.82) is 0 Å². The van der Waals surface area contributed by atoms with Gasteiger partial charge in [-0.1, -0.05) is 25.1 Å². The van der Waals surface area contributed by atoms with Gasteiger partial charge in [0.05, 0.1) is 17.8 Å². The molecule has 0 unspecified atom stereocenters. The number of benzene rings is 1. The number of carbonyl (C=O) groups excluding carboxylic acids is 1. The standard InChI is InChI=1S/C20H19FN4O3/c1-2-15-18(21)19(23-11-22-15)28-12-7-8-25(10-12)20(27)14-9-17(26)24-16-6-4-3-5-13(14)16/h3-6,9,11-12H,2,7-8,10H2,1H3,(H,24,26)/t12-/m0/s1. The molecule has 28 heavy (non-hydrogen) atoms. The van der Waals surface area contributed by atoms with Gasteiger partial charge in [-0.05, 0) is 12.5 Å². The Kier molecular flexibility index (Phi) is 4.77. The first-order valence-corrected chi connectivity index (χ1v) is 9.14. The van der Waals surface area contributed by atoms with Gasteiger partial charge in [0, 0.05) is 29.9 Å². The fraction of sp³-hybridized carbons (Fsp3) is 0.300. The molecule has 0 saturated carbocycles. The van der Waals surface area contributed by atoms with Crippen LogP contribution in [-0.4, -0.2) is 45.0 Å². The Morgan fingerprint density at radius 3 is 3.00 bits per heavy atom. The van der Waals surface area contributed by atoms with Crippen LogP contribution < -0.4 is 10.3 Å². The molecule has 1 amide bonds. The minimum Gasteiger partial charge on any atom is -0.470 e.